The molecule has 0 bridgehead atoms. The first-order chi connectivity index (χ1) is 9.67. The van der Waals surface area contributed by atoms with Gasteiger partial charge in [0.05, 0.1) is 24.4 Å². The molecule has 0 saturated carbocycles. The SMILES string of the molecule is CC(C)OP(=O)(F)OC(C)C.CC(C)OP(=O)(O)OC(C)C.F.[OH3+]. The third-order valence-corrected chi connectivity index (χ3v) is 4.08. The van der Waals surface area contributed by atoms with Crippen molar-refractivity contribution in [3.63, 3.8) is 0 Å². The van der Waals surface area contributed by atoms with E-state index in [9.17, 15) is 13.3 Å². The summed E-state index contributed by atoms with van der Waals surface area (Å²) in [5.74, 6) is 0. The molecule has 0 aliphatic rings. The van der Waals surface area contributed by atoms with E-state index in [0.717, 1.165) is 0 Å². The van der Waals surface area contributed by atoms with Crippen LogP contribution in [-0.2, 0) is 32.7 Å². The molecule has 12 heteroatoms. The van der Waals surface area contributed by atoms with E-state index >= 15 is 0 Å². The molecule has 0 fully saturated rings. The quantitative estimate of drug-likeness (QED) is 0.476. The van der Waals surface area contributed by atoms with Gasteiger partial charge < -0.3 is 10.4 Å². The van der Waals surface area contributed by atoms with Crippen molar-refractivity contribution in [1.29, 1.82) is 0 Å². The predicted molar refractivity (Wildman–Crippen MR) is 90.8 cm³/mol. The van der Waals surface area contributed by atoms with Crippen LogP contribution < -0.4 is 0 Å². The van der Waals surface area contributed by atoms with Gasteiger partial charge in [-0.25, -0.2) is 9.13 Å². The average molecular weight is 405 g/mol. The van der Waals surface area contributed by atoms with Gasteiger partial charge in [0.1, 0.15) is 0 Å². The van der Waals surface area contributed by atoms with E-state index in [4.69, 9.17) is 4.89 Å². The Balaban J connectivity index is -0.000000154. The van der Waals surface area contributed by atoms with Crippen LogP contribution in [0.2, 0.25) is 0 Å². The molecule has 0 atom stereocenters. The second-order valence-electron chi connectivity index (χ2n) is 5.52. The van der Waals surface area contributed by atoms with Crippen LogP contribution >= 0.6 is 15.7 Å². The summed E-state index contributed by atoms with van der Waals surface area (Å²) in [7, 11) is -8.11. The van der Waals surface area contributed by atoms with Crippen LogP contribution in [0, 0.1) is 0 Å². The topological polar surface area (TPSA) is 124 Å². The van der Waals surface area contributed by atoms with Crippen molar-refractivity contribution < 1.29 is 46.5 Å². The third-order valence-electron chi connectivity index (χ3n) is 1.36. The van der Waals surface area contributed by atoms with Crippen molar-refractivity contribution in [3.05, 3.63) is 0 Å². The highest BCUT2D eigenvalue weighted by atomic mass is 31.2. The van der Waals surface area contributed by atoms with Crippen molar-refractivity contribution >= 4 is 15.7 Å². The molecule has 0 amide bonds. The van der Waals surface area contributed by atoms with Crippen molar-refractivity contribution in [1.82, 2.24) is 0 Å². The molecule has 0 rings (SSSR count). The predicted octanol–water partition coefficient (Wildman–Crippen LogP) is 4.08. The van der Waals surface area contributed by atoms with Gasteiger partial charge in [-0.1, -0.05) is 0 Å². The molecule has 152 valence electrons. The lowest BCUT2D eigenvalue weighted by atomic mass is 10.5. The molecule has 0 heterocycles. The summed E-state index contributed by atoms with van der Waals surface area (Å²) in [5.41, 5.74) is 0. The maximum absolute atomic E-state index is 12.7. The lowest BCUT2D eigenvalue weighted by Crippen LogP contribution is -2.06. The first kappa shape index (κ1) is 31.8. The second kappa shape index (κ2) is 14.3. The lowest BCUT2D eigenvalue weighted by Gasteiger charge is -2.16. The van der Waals surface area contributed by atoms with Crippen LogP contribution in [0.25, 0.3) is 0 Å². The third kappa shape index (κ3) is 24.3. The molecule has 4 N–H and O–H groups in total. The molecular formula is C12H33F2O8P2+. The molecule has 8 nitrogen and oxygen atoms in total. The van der Waals surface area contributed by atoms with Gasteiger partial charge in [0.2, 0.25) is 0 Å². The number of phosphoric ester groups is 1. The Morgan fingerprint density at radius 2 is 0.917 bits per heavy atom. The highest BCUT2D eigenvalue weighted by Crippen LogP contribution is 2.51. The zero-order valence-corrected chi connectivity index (χ0v) is 17.3. The Kier molecular flexibility index (Phi) is 18.9. The molecule has 24 heavy (non-hydrogen) atoms. The van der Waals surface area contributed by atoms with E-state index < -0.39 is 27.9 Å². The highest BCUT2D eigenvalue weighted by Gasteiger charge is 2.26. The number of halogens is 2. The van der Waals surface area contributed by atoms with Crippen LogP contribution in [-0.4, -0.2) is 29.3 Å². The Morgan fingerprint density at radius 3 is 1.08 bits per heavy atom. The summed E-state index contributed by atoms with van der Waals surface area (Å²) >= 11 is 0. The monoisotopic (exact) mass is 405 g/mol. The Labute approximate surface area is 143 Å². The van der Waals surface area contributed by atoms with Crippen molar-refractivity contribution in [3.8, 4) is 0 Å². The standard InChI is InChI=1S/C6H14FO3P.C6H15O4P.FH.H2O/c2*1-5(2)9-11(7,8)10-6(3)4;;/h5-6H,1-4H3;5-6H,1-4H3,(H,7,8);1H;1H2/p+1. The van der Waals surface area contributed by atoms with Crippen molar-refractivity contribution in [2.24, 2.45) is 0 Å². The first-order valence-electron chi connectivity index (χ1n) is 7.03. The number of hydrogen-bond donors (Lipinski definition) is 1. The molecule has 0 spiro atoms. The number of hydrogen-bond acceptors (Lipinski definition) is 6. The molecule has 0 aliphatic carbocycles. The summed E-state index contributed by atoms with van der Waals surface area (Å²) in [6, 6.07) is 0. The van der Waals surface area contributed by atoms with E-state index in [2.05, 4.69) is 18.1 Å². The number of phosphoric acid groups is 1. The van der Waals surface area contributed by atoms with Gasteiger partial charge in [-0.15, -0.1) is 4.20 Å². The fourth-order valence-corrected chi connectivity index (χ4v) is 3.26. The molecule has 0 aromatic rings. The first-order valence-corrected chi connectivity index (χ1v) is 9.96. The van der Waals surface area contributed by atoms with Crippen LogP contribution in [0.5, 0.6) is 0 Å². The van der Waals surface area contributed by atoms with Crippen LogP contribution in [0.4, 0.5) is 8.90 Å². The molecule has 0 aromatic carbocycles. The van der Waals surface area contributed by atoms with E-state index in [1.54, 1.807) is 55.4 Å². The summed E-state index contributed by atoms with van der Waals surface area (Å²) in [5, 5.41) is 0. The normalized spacial score (nSPS) is 11.9. The van der Waals surface area contributed by atoms with Gasteiger partial charge in [0.25, 0.3) is 0 Å². The van der Waals surface area contributed by atoms with Gasteiger partial charge in [0, 0.05) is 0 Å². The van der Waals surface area contributed by atoms with Gasteiger partial charge in [-0.05, 0) is 55.4 Å². The van der Waals surface area contributed by atoms with Gasteiger partial charge in [0.15, 0.2) is 0 Å². The Bertz CT molecular complexity index is 327. The van der Waals surface area contributed by atoms with E-state index in [-0.39, 0.29) is 22.4 Å². The second-order valence-corrected chi connectivity index (χ2v) is 8.16. The van der Waals surface area contributed by atoms with Crippen LogP contribution in [0.15, 0.2) is 0 Å². The molecular weight excluding hydrogens is 372 g/mol. The van der Waals surface area contributed by atoms with Crippen molar-refractivity contribution in [2.75, 3.05) is 0 Å². The van der Waals surface area contributed by atoms with E-state index in [1.165, 1.54) is 0 Å². The lowest BCUT2D eigenvalue weighted by molar-refractivity contribution is 0.0983. The summed E-state index contributed by atoms with van der Waals surface area (Å²) in [4.78, 5) is 8.97. The van der Waals surface area contributed by atoms with Gasteiger partial charge in [-0.2, -0.15) is 0 Å². The number of rotatable bonds is 8. The van der Waals surface area contributed by atoms with E-state index in [1.807, 2.05) is 0 Å². The minimum absolute atomic E-state index is 0. The smallest absolute Gasteiger partial charge is 0.457 e. The Morgan fingerprint density at radius 1 is 0.708 bits per heavy atom. The highest BCUT2D eigenvalue weighted by molar-refractivity contribution is 7.48. The molecule has 0 saturated heterocycles. The molecule has 0 aromatic heterocycles. The average Bonchev–Trinajstić information content (AvgIpc) is 2.06. The van der Waals surface area contributed by atoms with Crippen LogP contribution in [0.3, 0.4) is 0 Å². The summed E-state index contributed by atoms with van der Waals surface area (Å²) in [6.45, 7) is 13.1. The summed E-state index contributed by atoms with van der Waals surface area (Å²) in [6.07, 6.45) is -1.46. The Hall–Kier alpha value is 0.0800. The van der Waals surface area contributed by atoms with Gasteiger partial charge in [-0.3, -0.25) is 22.8 Å². The maximum Gasteiger partial charge on any atom is 0.513 e. The van der Waals surface area contributed by atoms with Crippen molar-refractivity contribution in [2.45, 2.75) is 79.8 Å². The minimum Gasteiger partial charge on any atom is -0.457 e. The molecule has 0 unspecified atom stereocenters. The summed E-state index contributed by atoms with van der Waals surface area (Å²) < 4.78 is 52.5. The fourth-order valence-electron chi connectivity index (χ4n) is 1.09. The maximum atomic E-state index is 12.7. The van der Waals surface area contributed by atoms with E-state index in [0.29, 0.717) is 0 Å². The van der Waals surface area contributed by atoms with Crippen LogP contribution in [0.1, 0.15) is 55.4 Å². The largest absolute Gasteiger partial charge is 0.513 e. The van der Waals surface area contributed by atoms with Gasteiger partial charge >= 0.3 is 15.7 Å². The zero-order chi connectivity index (χ0) is 18.1. The zero-order valence-electron chi connectivity index (χ0n) is 15.5. The molecule has 0 aliphatic heterocycles. The minimum atomic E-state index is -4.30. The molecule has 0 radical (unpaired) electrons. The fraction of sp³-hybridized carbons (Fsp3) is 1.00.